The molecule has 0 amide bonds. The van der Waals surface area contributed by atoms with Gasteiger partial charge >= 0.3 is 0 Å². The molecule has 2 fully saturated rings. The molecule has 2 aliphatic rings. The molecule has 5 heteroatoms. The standard InChI is InChI=1S/C15H20BrFN2O/c1-19-6-7-20-14(9-18-11-3-4-11)15(19)10-2-5-12(16)13(17)8-10/h2,5,8,11,14-15,18H,3-4,6-7,9H2,1H3. The molecule has 1 aromatic carbocycles. The first-order valence-electron chi connectivity index (χ1n) is 7.15. The first-order chi connectivity index (χ1) is 9.65. The maximum absolute atomic E-state index is 13.8. The molecule has 1 saturated heterocycles. The molecule has 3 nitrogen and oxygen atoms in total. The van der Waals surface area contributed by atoms with E-state index in [1.807, 2.05) is 6.07 Å². The highest BCUT2D eigenvalue weighted by Crippen LogP contribution is 2.31. The summed E-state index contributed by atoms with van der Waals surface area (Å²) in [5, 5.41) is 3.52. The molecule has 0 bridgehead atoms. The molecule has 2 atom stereocenters. The zero-order valence-corrected chi connectivity index (χ0v) is 13.2. The van der Waals surface area contributed by atoms with Crippen LogP contribution in [0.2, 0.25) is 0 Å². The summed E-state index contributed by atoms with van der Waals surface area (Å²) in [4.78, 5) is 2.26. The molecule has 1 aromatic rings. The lowest BCUT2D eigenvalue weighted by molar-refractivity contribution is -0.0615. The number of hydrogen-bond acceptors (Lipinski definition) is 3. The van der Waals surface area contributed by atoms with E-state index in [1.54, 1.807) is 12.1 Å². The van der Waals surface area contributed by atoms with Crippen LogP contribution in [0.25, 0.3) is 0 Å². The van der Waals surface area contributed by atoms with Gasteiger partial charge in [-0.05, 0) is 53.5 Å². The van der Waals surface area contributed by atoms with Gasteiger partial charge < -0.3 is 10.1 Å². The molecule has 3 rings (SSSR count). The molecule has 0 radical (unpaired) electrons. The highest BCUT2D eigenvalue weighted by Gasteiger charge is 2.33. The third-order valence-electron chi connectivity index (χ3n) is 4.07. The van der Waals surface area contributed by atoms with E-state index in [0.29, 0.717) is 10.5 Å². The van der Waals surface area contributed by atoms with E-state index < -0.39 is 0 Å². The molecule has 0 aromatic heterocycles. The number of morpholine rings is 1. The van der Waals surface area contributed by atoms with Crippen LogP contribution in [-0.4, -0.2) is 43.8 Å². The Morgan fingerprint density at radius 1 is 1.45 bits per heavy atom. The molecule has 1 heterocycles. The Morgan fingerprint density at radius 2 is 2.25 bits per heavy atom. The molecule has 1 saturated carbocycles. The summed E-state index contributed by atoms with van der Waals surface area (Å²) in [6, 6.07) is 6.14. The van der Waals surface area contributed by atoms with Gasteiger partial charge in [-0.2, -0.15) is 0 Å². The quantitative estimate of drug-likeness (QED) is 0.910. The van der Waals surface area contributed by atoms with Gasteiger partial charge in [0.25, 0.3) is 0 Å². The summed E-state index contributed by atoms with van der Waals surface area (Å²) in [6.07, 6.45) is 2.61. The highest BCUT2D eigenvalue weighted by molar-refractivity contribution is 9.10. The lowest BCUT2D eigenvalue weighted by Crippen LogP contribution is -2.47. The zero-order chi connectivity index (χ0) is 14.1. The molecule has 110 valence electrons. The second-order valence-electron chi connectivity index (χ2n) is 5.69. The van der Waals surface area contributed by atoms with Gasteiger partial charge in [-0.25, -0.2) is 4.39 Å². The lowest BCUT2D eigenvalue weighted by atomic mass is 9.98. The Morgan fingerprint density at radius 3 is 2.95 bits per heavy atom. The van der Waals surface area contributed by atoms with E-state index in [0.717, 1.165) is 25.3 Å². The van der Waals surface area contributed by atoms with Crippen molar-refractivity contribution < 1.29 is 9.13 Å². The number of nitrogens with one attached hydrogen (secondary N) is 1. The molecule has 1 N–H and O–H groups in total. The number of likely N-dealkylation sites (N-methyl/N-ethyl adjacent to an activating group) is 1. The number of benzene rings is 1. The Hall–Kier alpha value is -0.490. The van der Waals surface area contributed by atoms with Crippen LogP contribution in [0.3, 0.4) is 0 Å². The van der Waals surface area contributed by atoms with Crippen molar-refractivity contribution in [3.05, 3.63) is 34.1 Å². The monoisotopic (exact) mass is 342 g/mol. The average molecular weight is 343 g/mol. The fraction of sp³-hybridized carbons (Fsp3) is 0.600. The average Bonchev–Trinajstić information content (AvgIpc) is 3.24. The highest BCUT2D eigenvalue weighted by atomic mass is 79.9. The van der Waals surface area contributed by atoms with Crippen molar-refractivity contribution in [2.24, 2.45) is 0 Å². The van der Waals surface area contributed by atoms with Crippen LogP contribution in [0, 0.1) is 5.82 Å². The van der Waals surface area contributed by atoms with Crippen molar-refractivity contribution in [3.8, 4) is 0 Å². The first-order valence-corrected chi connectivity index (χ1v) is 7.94. The molecule has 2 unspecified atom stereocenters. The van der Waals surface area contributed by atoms with Gasteiger partial charge in [0, 0.05) is 19.1 Å². The van der Waals surface area contributed by atoms with Crippen LogP contribution in [0.1, 0.15) is 24.4 Å². The fourth-order valence-corrected chi connectivity index (χ4v) is 3.02. The molecular weight excluding hydrogens is 323 g/mol. The predicted octanol–water partition coefficient (Wildman–Crippen LogP) is 2.71. The minimum absolute atomic E-state index is 0.0786. The molecular formula is C15H20BrFN2O. The van der Waals surface area contributed by atoms with Crippen LogP contribution in [0.5, 0.6) is 0 Å². The Bertz CT molecular complexity index is 481. The number of halogens is 2. The molecule has 20 heavy (non-hydrogen) atoms. The number of rotatable bonds is 4. The van der Waals surface area contributed by atoms with E-state index >= 15 is 0 Å². The minimum Gasteiger partial charge on any atom is -0.374 e. The van der Waals surface area contributed by atoms with Crippen molar-refractivity contribution in [2.75, 3.05) is 26.7 Å². The van der Waals surface area contributed by atoms with E-state index in [9.17, 15) is 4.39 Å². The molecule has 1 aliphatic heterocycles. The number of hydrogen-bond donors (Lipinski definition) is 1. The summed E-state index contributed by atoms with van der Waals surface area (Å²) in [5.74, 6) is -0.213. The van der Waals surface area contributed by atoms with Crippen molar-refractivity contribution in [2.45, 2.75) is 31.0 Å². The van der Waals surface area contributed by atoms with Crippen molar-refractivity contribution in [3.63, 3.8) is 0 Å². The van der Waals surface area contributed by atoms with Crippen LogP contribution < -0.4 is 5.32 Å². The number of nitrogens with zero attached hydrogens (tertiary/aromatic N) is 1. The maximum atomic E-state index is 13.8. The van der Waals surface area contributed by atoms with Gasteiger partial charge in [0.1, 0.15) is 5.82 Å². The zero-order valence-electron chi connectivity index (χ0n) is 11.6. The van der Waals surface area contributed by atoms with Crippen LogP contribution in [0.4, 0.5) is 4.39 Å². The summed E-state index contributed by atoms with van der Waals surface area (Å²) < 4.78 is 20.2. The van der Waals surface area contributed by atoms with Gasteiger partial charge in [0.15, 0.2) is 0 Å². The van der Waals surface area contributed by atoms with E-state index in [4.69, 9.17) is 4.74 Å². The predicted molar refractivity (Wildman–Crippen MR) is 80.2 cm³/mol. The van der Waals surface area contributed by atoms with E-state index in [-0.39, 0.29) is 18.0 Å². The normalized spacial score (nSPS) is 27.8. The number of ether oxygens (including phenoxy) is 1. The van der Waals surface area contributed by atoms with Gasteiger partial charge in [0.2, 0.25) is 0 Å². The Labute approximate surface area is 127 Å². The van der Waals surface area contributed by atoms with E-state index in [2.05, 4.69) is 33.2 Å². The lowest BCUT2D eigenvalue weighted by Gasteiger charge is -2.39. The van der Waals surface area contributed by atoms with Gasteiger partial charge in [-0.15, -0.1) is 0 Å². The Kier molecular flexibility index (Phi) is 4.40. The van der Waals surface area contributed by atoms with Crippen LogP contribution >= 0.6 is 15.9 Å². The summed E-state index contributed by atoms with van der Waals surface area (Å²) >= 11 is 3.21. The first kappa shape index (κ1) is 14.4. The summed E-state index contributed by atoms with van der Waals surface area (Å²) in [7, 11) is 2.08. The Balaban J connectivity index is 1.78. The summed E-state index contributed by atoms with van der Waals surface area (Å²) in [5.41, 5.74) is 0.982. The maximum Gasteiger partial charge on any atom is 0.137 e. The topological polar surface area (TPSA) is 24.5 Å². The molecule has 0 spiro atoms. The van der Waals surface area contributed by atoms with Crippen molar-refractivity contribution in [1.29, 1.82) is 0 Å². The summed E-state index contributed by atoms with van der Waals surface area (Å²) in [6.45, 7) is 2.45. The van der Waals surface area contributed by atoms with Crippen molar-refractivity contribution in [1.82, 2.24) is 10.2 Å². The largest absolute Gasteiger partial charge is 0.374 e. The molecule has 1 aliphatic carbocycles. The van der Waals surface area contributed by atoms with Gasteiger partial charge in [-0.3, -0.25) is 4.90 Å². The second kappa shape index (κ2) is 6.10. The van der Waals surface area contributed by atoms with Crippen LogP contribution in [0.15, 0.2) is 22.7 Å². The smallest absolute Gasteiger partial charge is 0.137 e. The van der Waals surface area contributed by atoms with Gasteiger partial charge in [0.05, 0.1) is 23.2 Å². The SMILES string of the molecule is CN1CCOC(CNC2CC2)C1c1ccc(Br)c(F)c1. The van der Waals surface area contributed by atoms with Crippen molar-refractivity contribution >= 4 is 15.9 Å². The third-order valence-corrected chi connectivity index (χ3v) is 4.72. The van der Waals surface area contributed by atoms with Crippen LogP contribution in [-0.2, 0) is 4.74 Å². The minimum atomic E-state index is -0.213. The third kappa shape index (κ3) is 3.22. The van der Waals surface area contributed by atoms with Gasteiger partial charge in [-0.1, -0.05) is 6.07 Å². The van der Waals surface area contributed by atoms with E-state index in [1.165, 1.54) is 12.8 Å². The second-order valence-corrected chi connectivity index (χ2v) is 6.55. The fourth-order valence-electron chi connectivity index (χ4n) is 2.77.